The number of nitrogens with one attached hydrogen (secondary N) is 1. The molecule has 0 bridgehead atoms. The summed E-state index contributed by atoms with van der Waals surface area (Å²) in [6, 6.07) is -0.614. The fourth-order valence-corrected chi connectivity index (χ4v) is 7.75. The van der Waals surface area contributed by atoms with Crippen molar-refractivity contribution in [1.29, 1.82) is 0 Å². The molecule has 56 heavy (non-hydrogen) atoms. The molecular formula is C52H99NO3. The van der Waals surface area contributed by atoms with E-state index in [0.717, 1.165) is 32.1 Å². The number of aliphatic hydroxyl groups is 2. The second-order valence-corrected chi connectivity index (χ2v) is 17.2. The van der Waals surface area contributed by atoms with Crippen LogP contribution in [0, 0.1) is 0 Å². The summed E-state index contributed by atoms with van der Waals surface area (Å²) in [5.41, 5.74) is 0. The maximum atomic E-state index is 12.2. The molecule has 0 aromatic carbocycles. The molecule has 330 valence electrons. The summed E-state index contributed by atoms with van der Waals surface area (Å²) in [6.45, 7) is 4.11. The Morgan fingerprint density at radius 1 is 0.429 bits per heavy atom. The Morgan fingerprint density at radius 2 is 0.768 bits per heavy atom. The quantitative estimate of drug-likeness (QED) is 0.0425. The maximum absolute atomic E-state index is 12.2. The zero-order chi connectivity index (χ0) is 40.7. The Morgan fingerprint density at radius 3 is 1.11 bits per heavy atom. The van der Waals surface area contributed by atoms with Crippen molar-refractivity contribution in [3.63, 3.8) is 0 Å². The lowest BCUT2D eigenvalue weighted by atomic mass is 10.0. The number of carbonyl (C=O) groups excluding carboxylic acids is 1. The van der Waals surface area contributed by atoms with Gasteiger partial charge in [0.15, 0.2) is 0 Å². The van der Waals surface area contributed by atoms with Crippen LogP contribution < -0.4 is 5.32 Å². The van der Waals surface area contributed by atoms with Crippen LogP contribution in [0.4, 0.5) is 0 Å². The van der Waals surface area contributed by atoms with Gasteiger partial charge in [-0.05, 0) is 44.9 Å². The largest absolute Gasteiger partial charge is 0.394 e. The van der Waals surface area contributed by atoms with Crippen molar-refractivity contribution in [2.24, 2.45) is 0 Å². The summed E-state index contributed by atoms with van der Waals surface area (Å²) in [4.78, 5) is 12.2. The third kappa shape index (κ3) is 43.7. The van der Waals surface area contributed by atoms with Crippen molar-refractivity contribution in [3.05, 3.63) is 36.5 Å². The van der Waals surface area contributed by atoms with Gasteiger partial charge in [0.05, 0.1) is 18.8 Å². The van der Waals surface area contributed by atoms with Gasteiger partial charge in [-0.2, -0.15) is 0 Å². The molecule has 4 nitrogen and oxygen atoms in total. The van der Waals surface area contributed by atoms with Crippen LogP contribution in [0.3, 0.4) is 0 Å². The summed E-state index contributed by atoms with van der Waals surface area (Å²) in [5.74, 6) is -0.0722. The Bertz CT molecular complexity index is 851. The second kappa shape index (κ2) is 48.0. The van der Waals surface area contributed by atoms with Crippen molar-refractivity contribution < 1.29 is 15.0 Å². The van der Waals surface area contributed by atoms with Gasteiger partial charge >= 0.3 is 0 Å². The van der Waals surface area contributed by atoms with E-state index < -0.39 is 12.1 Å². The van der Waals surface area contributed by atoms with E-state index >= 15 is 0 Å². The summed E-state index contributed by atoms with van der Waals surface area (Å²) in [6.07, 6.45) is 65.3. The monoisotopic (exact) mass is 786 g/mol. The van der Waals surface area contributed by atoms with Gasteiger partial charge in [0, 0.05) is 6.42 Å². The molecule has 0 rings (SSSR count). The lowest BCUT2D eigenvalue weighted by molar-refractivity contribution is -0.123. The Labute approximate surface area is 351 Å². The van der Waals surface area contributed by atoms with E-state index in [1.54, 1.807) is 6.08 Å². The number of hydrogen-bond donors (Lipinski definition) is 3. The van der Waals surface area contributed by atoms with Crippen LogP contribution in [-0.4, -0.2) is 34.9 Å². The van der Waals surface area contributed by atoms with E-state index in [4.69, 9.17) is 0 Å². The Hall–Kier alpha value is -1.39. The molecule has 0 heterocycles. The zero-order valence-corrected chi connectivity index (χ0v) is 37.9. The fourth-order valence-electron chi connectivity index (χ4n) is 7.75. The van der Waals surface area contributed by atoms with Crippen LogP contribution in [0.2, 0.25) is 0 Å². The van der Waals surface area contributed by atoms with Crippen LogP contribution in [0.15, 0.2) is 36.5 Å². The van der Waals surface area contributed by atoms with Crippen LogP contribution in [0.25, 0.3) is 0 Å². The van der Waals surface area contributed by atoms with E-state index in [0.29, 0.717) is 6.42 Å². The number of aliphatic hydroxyl groups excluding tert-OH is 2. The summed E-state index contributed by atoms with van der Waals surface area (Å²) in [7, 11) is 0. The number of rotatable bonds is 46. The average molecular weight is 786 g/mol. The smallest absolute Gasteiger partial charge is 0.220 e. The molecule has 0 radical (unpaired) electrons. The molecule has 0 aliphatic carbocycles. The normalized spacial score (nSPS) is 13.1. The molecule has 0 saturated carbocycles. The van der Waals surface area contributed by atoms with Crippen LogP contribution >= 0.6 is 0 Å². The summed E-state index contributed by atoms with van der Waals surface area (Å²) in [5, 5.41) is 22.4. The third-order valence-electron chi connectivity index (χ3n) is 11.6. The molecule has 0 aliphatic rings. The Kier molecular flexibility index (Phi) is 46.8. The predicted octanol–water partition coefficient (Wildman–Crippen LogP) is 16.1. The number of hydrogen-bond acceptors (Lipinski definition) is 3. The first-order valence-corrected chi connectivity index (χ1v) is 25.2. The van der Waals surface area contributed by atoms with Crippen molar-refractivity contribution in [3.8, 4) is 0 Å². The van der Waals surface area contributed by atoms with Gasteiger partial charge < -0.3 is 15.5 Å². The summed E-state index contributed by atoms with van der Waals surface area (Å²) >= 11 is 0. The first-order chi connectivity index (χ1) is 27.7. The minimum Gasteiger partial charge on any atom is -0.394 e. The zero-order valence-electron chi connectivity index (χ0n) is 37.9. The van der Waals surface area contributed by atoms with Gasteiger partial charge in [-0.1, -0.05) is 256 Å². The second-order valence-electron chi connectivity index (χ2n) is 17.2. The van der Waals surface area contributed by atoms with E-state index in [-0.39, 0.29) is 12.5 Å². The molecule has 0 aromatic heterocycles. The molecule has 0 fully saturated rings. The molecule has 0 aromatic rings. The molecule has 3 N–H and O–H groups in total. The molecule has 2 unspecified atom stereocenters. The van der Waals surface area contributed by atoms with E-state index in [2.05, 4.69) is 43.5 Å². The third-order valence-corrected chi connectivity index (χ3v) is 11.6. The van der Waals surface area contributed by atoms with Crippen molar-refractivity contribution in [2.45, 2.75) is 283 Å². The van der Waals surface area contributed by atoms with Crippen molar-refractivity contribution >= 4 is 5.91 Å². The van der Waals surface area contributed by atoms with Crippen molar-refractivity contribution in [2.75, 3.05) is 6.61 Å². The van der Waals surface area contributed by atoms with Crippen LogP contribution in [0.5, 0.6) is 0 Å². The molecule has 1 amide bonds. The molecule has 4 heteroatoms. The van der Waals surface area contributed by atoms with Gasteiger partial charge in [0.25, 0.3) is 0 Å². The van der Waals surface area contributed by atoms with Gasteiger partial charge in [0.1, 0.15) is 0 Å². The molecule has 0 saturated heterocycles. The highest BCUT2D eigenvalue weighted by Gasteiger charge is 2.17. The standard InChI is InChI=1S/C52H99NO3/c1-3-5-7-8-9-10-11-12-13-14-15-16-17-18-19-20-21-22-23-24-25-26-27-28-29-30-31-32-33-34-35-36-37-38-39-40-41-42-43-44-46-48-52(56)53-50(49-54)51(55)47-45-6-4-2/h11-12,14-15,45,47,50-51,54-55H,3-10,13,16-44,46,48-49H2,1-2H3,(H,53,56)/b12-11-,15-14-,47-45+. The minimum absolute atomic E-state index is 0.0722. The average Bonchev–Trinajstić information content (AvgIpc) is 3.20. The number of unbranched alkanes of at least 4 members (excludes halogenated alkanes) is 35. The lowest BCUT2D eigenvalue weighted by Crippen LogP contribution is -2.45. The maximum Gasteiger partial charge on any atom is 0.220 e. The SMILES string of the molecule is CCC/C=C/C(O)C(CO)NC(=O)CCCCCCCCCCCCCCCCCCCCCCCCCCCCCCC/C=C\C/C=C\CCCCCCC. The number of amides is 1. The van der Waals surface area contributed by atoms with Gasteiger partial charge in [-0.3, -0.25) is 4.79 Å². The lowest BCUT2D eigenvalue weighted by Gasteiger charge is -2.19. The Balaban J connectivity index is 3.25. The van der Waals surface area contributed by atoms with Crippen molar-refractivity contribution in [1.82, 2.24) is 5.32 Å². The highest BCUT2D eigenvalue weighted by Crippen LogP contribution is 2.17. The number of carbonyl (C=O) groups is 1. The van der Waals surface area contributed by atoms with Crippen LogP contribution in [0.1, 0.15) is 271 Å². The first-order valence-electron chi connectivity index (χ1n) is 25.2. The molecule has 0 spiro atoms. The highest BCUT2D eigenvalue weighted by atomic mass is 16.3. The molecule has 0 aliphatic heterocycles. The summed E-state index contributed by atoms with van der Waals surface area (Å²) < 4.78 is 0. The van der Waals surface area contributed by atoms with E-state index in [1.807, 2.05) is 6.08 Å². The predicted molar refractivity (Wildman–Crippen MR) is 248 cm³/mol. The van der Waals surface area contributed by atoms with Gasteiger partial charge in [-0.15, -0.1) is 0 Å². The van der Waals surface area contributed by atoms with E-state index in [1.165, 1.54) is 218 Å². The highest BCUT2D eigenvalue weighted by molar-refractivity contribution is 5.76. The van der Waals surface area contributed by atoms with Crippen LogP contribution in [-0.2, 0) is 4.79 Å². The number of allylic oxidation sites excluding steroid dienone is 5. The minimum atomic E-state index is -0.832. The first kappa shape index (κ1) is 54.6. The van der Waals surface area contributed by atoms with Gasteiger partial charge in [-0.25, -0.2) is 0 Å². The van der Waals surface area contributed by atoms with Gasteiger partial charge in [0.2, 0.25) is 5.91 Å². The molecular weight excluding hydrogens is 687 g/mol. The molecule has 2 atom stereocenters. The topological polar surface area (TPSA) is 69.6 Å². The fraction of sp³-hybridized carbons (Fsp3) is 0.865. The van der Waals surface area contributed by atoms with E-state index in [9.17, 15) is 15.0 Å².